The number of carbonyl (C=O) groups is 1. The summed E-state index contributed by atoms with van der Waals surface area (Å²) < 4.78 is 14.7. The van der Waals surface area contributed by atoms with Crippen LogP contribution in [0.25, 0.3) is 11.1 Å². The molecule has 5 heteroatoms. The third-order valence-corrected chi connectivity index (χ3v) is 4.58. The lowest BCUT2D eigenvalue weighted by Crippen LogP contribution is -2.06. The molecule has 0 spiro atoms. The van der Waals surface area contributed by atoms with Crippen molar-refractivity contribution < 1.29 is 14.3 Å². The smallest absolute Gasteiger partial charge is 0.171 e. The Kier molecular flexibility index (Phi) is 5.21. The zero-order valence-corrected chi connectivity index (χ0v) is 15.3. The molecule has 0 aromatic heterocycles. The molecular weight excluding hydrogens is 407 g/mol. The van der Waals surface area contributed by atoms with Gasteiger partial charge < -0.3 is 5.11 Å². The number of ketones is 1. The summed E-state index contributed by atoms with van der Waals surface area (Å²) in [5.74, 6) is -1.17. The van der Waals surface area contributed by atoms with Gasteiger partial charge in [-0.1, -0.05) is 63.9 Å². The van der Waals surface area contributed by atoms with Crippen LogP contribution in [-0.4, -0.2) is 10.9 Å². The van der Waals surface area contributed by atoms with Crippen molar-refractivity contribution >= 4 is 33.3 Å². The van der Waals surface area contributed by atoms with E-state index < -0.39 is 11.6 Å². The molecule has 0 saturated carbocycles. The molecule has 0 saturated heterocycles. The second kappa shape index (κ2) is 7.38. The van der Waals surface area contributed by atoms with Crippen molar-refractivity contribution in [2.45, 2.75) is 6.42 Å². The summed E-state index contributed by atoms with van der Waals surface area (Å²) in [6.45, 7) is 0. The second-order valence-electron chi connectivity index (χ2n) is 5.56. The number of carbonyl (C=O) groups excluding carboxylic acids is 1. The average Bonchev–Trinajstić information content (AvgIpc) is 2.60. The fraction of sp³-hybridized carbons (Fsp3) is 0.0500. The van der Waals surface area contributed by atoms with Crippen LogP contribution >= 0.6 is 27.5 Å². The van der Waals surface area contributed by atoms with Crippen LogP contribution in [0.15, 0.2) is 65.1 Å². The van der Waals surface area contributed by atoms with Crippen molar-refractivity contribution in [3.05, 3.63) is 87.1 Å². The summed E-state index contributed by atoms with van der Waals surface area (Å²) in [6, 6.07) is 17.2. The van der Waals surface area contributed by atoms with E-state index in [9.17, 15) is 14.3 Å². The molecule has 0 amide bonds. The number of Topliss-reactive ketones (excluding diaryl/α,β-unsaturated/α-hetero) is 1. The molecule has 126 valence electrons. The minimum atomic E-state index is -0.464. The van der Waals surface area contributed by atoms with Crippen LogP contribution in [-0.2, 0) is 6.42 Å². The van der Waals surface area contributed by atoms with Crippen LogP contribution in [0.3, 0.4) is 0 Å². The lowest BCUT2D eigenvalue weighted by molar-refractivity contribution is 0.0989. The van der Waals surface area contributed by atoms with Gasteiger partial charge in [0.15, 0.2) is 5.78 Å². The maximum atomic E-state index is 14.2. The number of benzene rings is 3. The lowest BCUT2D eigenvalue weighted by Gasteiger charge is -2.09. The molecule has 0 aliphatic heterocycles. The number of rotatable bonds is 4. The monoisotopic (exact) mass is 418 g/mol. The van der Waals surface area contributed by atoms with E-state index in [2.05, 4.69) is 15.9 Å². The molecular formula is C20H13BrClFO2. The van der Waals surface area contributed by atoms with Crippen molar-refractivity contribution in [2.75, 3.05) is 0 Å². The quantitative estimate of drug-likeness (QED) is 0.523. The highest BCUT2D eigenvalue weighted by atomic mass is 79.9. The van der Waals surface area contributed by atoms with Gasteiger partial charge in [-0.3, -0.25) is 4.79 Å². The van der Waals surface area contributed by atoms with Crippen LogP contribution in [0.1, 0.15) is 15.9 Å². The molecule has 0 radical (unpaired) electrons. The van der Waals surface area contributed by atoms with Gasteiger partial charge in [0.1, 0.15) is 11.6 Å². The Labute approximate surface area is 158 Å². The lowest BCUT2D eigenvalue weighted by atomic mass is 9.97. The Hall–Kier alpha value is -2.17. The van der Waals surface area contributed by atoms with Crippen molar-refractivity contribution in [2.24, 2.45) is 0 Å². The number of hydrogen-bond acceptors (Lipinski definition) is 2. The van der Waals surface area contributed by atoms with Crippen molar-refractivity contribution in [3.8, 4) is 16.9 Å². The Bertz CT molecular complexity index is 942. The van der Waals surface area contributed by atoms with E-state index >= 15 is 0 Å². The largest absolute Gasteiger partial charge is 0.506 e. The maximum Gasteiger partial charge on any atom is 0.171 e. The molecule has 0 atom stereocenters. The molecule has 1 N–H and O–H groups in total. The van der Waals surface area contributed by atoms with Gasteiger partial charge in [-0.05, 0) is 41.0 Å². The fourth-order valence-corrected chi connectivity index (χ4v) is 3.38. The van der Waals surface area contributed by atoms with Gasteiger partial charge in [-0.2, -0.15) is 0 Å². The topological polar surface area (TPSA) is 37.3 Å². The summed E-state index contributed by atoms with van der Waals surface area (Å²) in [7, 11) is 0. The number of halogens is 3. The Morgan fingerprint density at radius 3 is 2.48 bits per heavy atom. The Morgan fingerprint density at radius 1 is 1.04 bits per heavy atom. The average molecular weight is 420 g/mol. The zero-order valence-electron chi connectivity index (χ0n) is 13.0. The SMILES string of the molecule is O=C(Cc1cc(-c2ccccc2)ccc1F)c1cc(Br)cc(Cl)c1O. The first-order chi connectivity index (χ1) is 12.0. The highest BCUT2D eigenvalue weighted by molar-refractivity contribution is 9.10. The molecule has 0 aliphatic rings. The van der Waals surface area contributed by atoms with Gasteiger partial charge in [0, 0.05) is 10.9 Å². The number of hydrogen-bond donors (Lipinski definition) is 1. The van der Waals surface area contributed by atoms with Gasteiger partial charge >= 0.3 is 0 Å². The van der Waals surface area contributed by atoms with E-state index in [-0.39, 0.29) is 28.3 Å². The van der Waals surface area contributed by atoms with Crippen LogP contribution in [0.5, 0.6) is 5.75 Å². The van der Waals surface area contributed by atoms with E-state index in [1.54, 1.807) is 12.1 Å². The van der Waals surface area contributed by atoms with Crippen LogP contribution in [0.4, 0.5) is 4.39 Å². The van der Waals surface area contributed by atoms with E-state index in [1.807, 2.05) is 30.3 Å². The van der Waals surface area contributed by atoms with Crippen LogP contribution < -0.4 is 0 Å². The van der Waals surface area contributed by atoms with Crippen molar-refractivity contribution in [1.82, 2.24) is 0 Å². The molecule has 3 aromatic rings. The van der Waals surface area contributed by atoms with Crippen molar-refractivity contribution in [3.63, 3.8) is 0 Å². The second-order valence-corrected chi connectivity index (χ2v) is 6.88. The molecule has 0 fully saturated rings. The summed E-state index contributed by atoms with van der Waals surface area (Å²) >= 11 is 9.13. The van der Waals surface area contributed by atoms with Gasteiger partial charge in [0.25, 0.3) is 0 Å². The highest BCUT2D eigenvalue weighted by Crippen LogP contribution is 2.32. The predicted molar refractivity (Wildman–Crippen MR) is 101 cm³/mol. The standard InChI is InChI=1S/C20H13BrClFO2/c21-15-10-16(20(25)17(22)11-15)19(24)9-14-8-13(6-7-18(14)23)12-4-2-1-3-5-12/h1-8,10-11,25H,9H2. The van der Waals surface area contributed by atoms with Gasteiger partial charge in [-0.15, -0.1) is 0 Å². The molecule has 0 aliphatic carbocycles. The van der Waals surface area contributed by atoms with Crippen molar-refractivity contribution in [1.29, 1.82) is 0 Å². The van der Waals surface area contributed by atoms with E-state index in [0.29, 0.717) is 4.47 Å². The molecule has 25 heavy (non-hydrogen) atoms. The molecule has 3 rings (SSSR count). The highest BCUT2D eigenvalue weighted by Gasteiger charge is 2.17. The summed E-state index contributed by atoms with van der Waals surface area (Å²) in [6.07, 6.45) is -0.174. The summed E-state index contributed by atoms with van der Waals surface area (Å²) in [5.41, 5.74) is 2.08. The first-order valence-electron chi connectivity index (χ1n) is 7.51. The number of phenolic OH excluding ortho intramolecular Hbond substituents is 1. The molecule has 0 heterocycles. The normalized spacial score (nSPS) is 10.7. The molecule has 2 nitrogen and oxygen atoms in total. The predicted octanol–water partition coefficient (Wildman–Crippen LogP) is 6.04. The third kappa shape index (κ3) is 3.91. The molecule has 0 bridgehead atoms. The van der Waals surface area contributed by atoms with Gasteiger partial charge in [-0.25, -0.2) is 4.39 Å². The van der Waals surface area contributed by atoms with Crippen LogP contribution in [0.2, 0.25) is 5.02 Å². The third-order valence-electron chi connectivity index (χ3n) is 3.83. The number of aromatic hydroxyl groups is 1. The van der Waals surface area contributed by atoms with Crippen LogP contribution in [0, 0.1) is 5.82 Å². The molecule has 0 unspecified atom stereocenters. The van der Waals surface area contributed by atoms with E-state index in [0.717, 1.165) is 11.1 Å². The Morgan fingerprint density at radius 2 is 1.76 bits per heavy atom. The van der Waals surface area contributed by atoms with Gasteiger partial charge in [0.05, 0.1) is 10.6 Å². The first kappa shape index (κ1) is 17.6. The minimum Gasteiger partial charge on any atom is -0.506 e. The Balaban J connectivity index is 1.94. The van der Waals surface area contributed by atoms with Gasteiger partial charge in [0.2, 0.25) is 0 Å². The molecule has 3 aromatic carbocycles. The maximum absolute atomic E-state index is 14.2. The zero-order chi connectivity index (χ0) is 18.0. The first-order valence-corrected chi connectivity index (χ1v) is 8.68. The van der Waals surface area contributed by atoms with E-state index in [1.165, 1.54) is 18.2 Å². The fourth-order valence-electron chi connectivity index (χ4n) is 2.57. The minimum absolute atomic E-state index is 0.0592. The number of phenols is 1. The summed E-state index contributed by atoms with van der Waals surface area (Å²) in [4.78, 5) is 12.5. The summed E-state index contributed by atoms with van der Waals surface area (Å²) in [5, 5.41) is 10.1. The van der Waals surface area contributed by atoms with E-state index in [4.69, 9.17) is 11.6 Å².